The summed E-state index contributed by atoms with van der Waals surface area (Å²) in [6.45, 7) is 6.08. The fourth-order valence-corrected chi connectivity index (χ4v) is 2.25. The maximum Gasteiger partial charge on any atom is 0.258 e. The summed E-state index contributed by atoms with van der Waals surface area (Å²) in [5, 5.41) is 3.95. The van der Waals surface area contributed by atoms with Gasteiger partial charge in [-0.15, -0.1) is 0 Å². The predicted octanol–water partition coefficient (Wildman–Crippen LogP) is 3.46. The lowest BCUT2D eigenvalue weighted by molar-refractivity contribution is 0.400. The summed E-state index contributed by atoms with van der Waals surface area (Å²) in [4.78, 5) is 4.36. The van der Waals surface area contributed by atoms with Gasteiger partial charge in [0.2, 0.25) is 0 Å². The Morgan fingerprint density at radius 3 is 2.61 bits per heavy atom. The molecule has 96 valence electrons. The van der Waals surface area contributed by atoms with Crippen molar-refractivity contribution in [2.75, 3.05) is 0 Å². The number of hydrogen-bond acceptors (Lipinski definition) is 4. The highest BCUT2D eigenvalue weighted by atomic mass is 79.9. The van der Waals surface area contributed by atoms with E-state index in [4.69, 9.17) is 10.3 Å². The van der Waals surface area contributed by atoms with Crippen LogP contribution in [0.1, 0.15) is 31.3 Å². The summed E-state index contributed by atoms with van der Waals surface area (Å²) in [6, 6.07) is 5.78. The Morgan fingerprint density at radius 2 is 2.00 bits per heavy atom. The second-order valence-electron chi connectivity index (χ2n) is 4.74. The van der Waals surface area contributed by atoms with E-state index in [0.29, 0.717) is 11.7 Å². The summed E-state index contributed by atoms with van der Waals surface area (Å²) in [7, 11) is 0. The van der Waals surface area contributed by atoms with Crippen LogP contribution in [0.25, 0.3) is 11.5 Å². The summed E-state index contributed by atoms with van der Waals surface area (Å²) < 4.78 is 6.26. The number of halogens is 1. The van der Waals surface area contributed by atoms with Gasteiger partial charge >= 0.3 is 0 Å². The Kier molecular flexibility index (Phi) is 3.82. The third-order valence-corrected chi connectivity index (χ3v) is 3.21. The molecule has 0 aliphatic rings. The van der Waals surface area contributed by atoms with Crippen molar-refractivity contribution in [2.45, 2.75) is 26.8 Å². The van der Waals surface area contributed by atoms with Gasteiger partial charge in [0, 0.05) is 10.0 Å². The summed E-state index contributed by atoms with van der Waals surface area (Å²) >= 11 is 3.45. The first-order valence-corrected chi connectivity index (χ1v) is 6.63. The van der Waals surface area contributed by atoms with Crippen molar-refractivity contribution >= 4 is 15.9 Å². The van der Waals surface area contributed by atoms with Crippen molar-refractivity contribution in [2.24, 2.45) is 11.7 Å². The van der Waals surface area contributed by atoms with Gasteiger partial charge in [-0.2, -0.15) is 4.98 Å². The molecule has 0 fully saturated rings. The molecule has 2 aromatic rings. The van der Waals surface area contributed by atoms with E-state index in [2.05, 4.69) is 26.1 Å². The zero-order chi connectivity index (χ0) is 13.3. The Labute approximate surface area is 115 Å². The number of rotatable bonds is 3. The highest BCUT2D eigenvalue weighted by Crippen LogP contribution is 2.25. The van der Waals surface area contributed by atoms with Crippen LogP contribution >= 0.6 is 15.9 Å². The molecule has 0 aliphatic heterocycles. The van der Waals surface area contributed by atoms with E-state index in [1.165, 1.54) is 0 Å². The lowest BCUT2D eigenvalue weighted by Crippen LogP contribution is -2.18. The van der Waals surface area contributed by atoms with Crippen LogP contribution in [-0.4, -0.2) is 10.1 Å². The lowest BCUT2D eigenvalue weighted by atomic mass is 10.1. The molecule has 0 amide bonds. The van der Waals surface area contributed by atoms with Gasteiger partial charge in [0.15, 0.2) is 5.82 Å². The molecular weight excluding hydrogens is 294 g/mol. The molecule has 2 N–H and O–H groups in total. The first-order valence-electron chi connectivity index (χ1n) is 5.84. The number of nitrogens with zero attached hydrogens (tertiary/aromatic N) is 2. The van der Waals surface area contributed by atoms with Crippen LogP contribution < -0.4 is 5.73 Å². The molecule has 0 saturated heterocycles. The monoisotopic (exact) mass is 309 g/mol. The van der Waals surface area contributed by atoms with Gasteiger partial charge in [0.05, 0.1) is 6.04 Å². The van der Waals surface area contributed by atoms with Gasteiger partial charge in [-0.25, -0.2) is 0 Å². The number of benzene rings is 1. The first kappa shape index (κ1) is 13.2. The zero-order valence-electron chi connectivity index (χ0n) is 10.6. The quantitative estimate of drug-likeness (QED) is 0.943. The molecule has 1 heterocycles. The minimum absolute atomic E-state index is 0.198. The van der Waals surface area contributed by atoms with Gasteiger partial charge < -0.3 is 10.3 Å². The largest absolute Gasteiger partial charge is 0.334 e. The molecule has 0 saturated carbocycles. The van der Waals surface area contributed by atoms with Crippen LogP contribution in [0.2, 0.25) is 0 Å². The molecule has 4 nitrogen and oxygen atoms in total. The Morgan fingerprint density at radius 1 is 1.28 bits per heavy atom. The van der Waals surface area contributed by atoms with Crippen LogP contribution in [0.3, 0.4) is 0 Å². The Balaban J connectivity index is 2.35. The molecule has 0 bridgehead atoms. The van der Waals surface area contributed by atoms with Crippen LogP contribution in [0.5, 0.6) is 0 Å². The summed E-state index contributed by atoms with van der Waals surface area (Å²) in [5.41, 5.74) is 8.03. The molecule has 0 radical (unpaired) electrons. The number of aryl methyl sites for hydroxylation is 1. The zero-order valence-corrected chi connectivity index (χ0v) is 12.2. The van der Waals surface area contributed by atoms with E-state index < -0.39 is 0 Å². The van der Waals surface area contributed by atoms with E-state index in [-0.39, 0.29) is 12.0 Å². The van der Waals surface area contributed by atoms with Gasteiger partial charge in [0.1, 0.15) is 0 Å². The Hall–Kier alpha value is -1.20. The molecule has 5 heteroatoms. The molecule has 1 atom stereocenters. The first-order chi connectivity index (χ1) is 8.47. The van der Waals surface area contributed by atoms with Gasteiger partial charge in [-0.3, -0.25) is 0 Å². The smallest absolute Gasteiger partial charge is 0.258 e. The second kappa shape index (κ2) is 5.20. The molecule has 2 rings (SSSR count). The van der Waals surface area contributed by atoms with Crippen LogP contribution in [0, 0.1) is 12.8 Å². The second-order valence-corrected chi connectivity index (χ2v) is 5.66. The van der Waals surface area contributed by atoms with E-state index in [1.807, 2.05) is 39.0 Å². The van der Waals surface area contributed by atoms with E-state index in [9.17, 15) is 0 Å². The van der Waals surface area contributed by atoms with Crippen molar-refractivity contribution < 1.29 is 4.52 Å². The molecule has 0 aliphatic carbocycles. The lowest BCUT2D eigenvalue weighted by Gasteiger charge is -2.09. The van der Waals surface area contributed by atoms with Crippen LogP contribution in [-0.2, 0) is 0 Å². The third kappa shape index (κ3) is 2.79. The minimum Gasteiger partial charge on any atom is -0.334 e. The molecule has 18 heavy (non-hydrogen) atoms. The predicted molar refractivity (Wildman–Crippen MR) is 73.9 cm³/mol. The average molecular weight is 310 g/mol. The van der Waals surface area contributed by atoms with Gasteiger partial charge in [-0.1, -0.05) is 34.9 Å². The van der Waals surface area contributed by atoms with Crippen molar-refractivity contribution in [3.63, 3.8) is 0 Å². The van der Waals surface area contributed by atoms with Gasteiger partial charge in [0.25, 0.3) is 5.89 Å². The molecule has 1 aromatic heterocycles. The summed E-state index contributed by atoms with van der Waals surface area (Å²) in [5.74, 6) is 1.34. The molecule has 1 aromatic carbocycles. The highest BCUT2D eigenvalue weighted by molar-refractivity contribution is 9.10. The van der Waals surface area contributed by atoms with E-state index >= 15 is 0 Å². The topological polar surface area (TPSA) is 64.9 Å². The van der Waals surface area contributed by atoms with Crippen LogP contribution in [0.4, 0.5) is 0 Å². The average Bonchev–Trinajstić information content (AvgIpc) is 2.75. The third-order valence-electron chi connectivity index (χ3n) is 2.75. The van der Waals surface area contributed by atoms with Gasteiger partial charge in [-0.05, 0) is 36.6 Å². The minimum atomic E-state index is -0.198. The maximum atomic E-state index is 5.99. The van der Waals surface area contributed by atoms with E-state index in [0.717, 1.165) is 15.6 Å². The fraction of sp³-hybridized carbons (Fsp3) is 0.385. The Bertz CT molecular complexity index is 531. The number of aromatic nitrogens is 2. The van der Waals surface area contributed by atoms with Crippen molar-refractivity contribution in [1.29, 1.82) is 0 Å². The van der Waals surface area contributed by atoms with Crippen molar-refractivity contribution in [1.82, 2.24) is 10.1 Å². The maximum absolute atomic E-state index is 5.99. The molecular formula is C13H16BrN3O. The van der Waals surface area contributed by atoms with E-state index in [1.54, 1.807) is 0 Å². The summed E-state index contributed by atoms with van der Waals surface area (Å²) in [6.07, 6.45) is 0. The highest BCUT2D eigenvalue weighted by Gasteiger charge is 2.18. The normalized spacial score (nSPS) is 13.0. The molecule has 1 unspecified atom stereocenters. The van der Waals surface area contributed by atoms with Crippen molar-refractivity contribution in [3.05, 3.63) is 34.1 Å². The molecule has 0 spiro atoms. The standard InChI is InChI=1S/C13H16BrN3O/c1-7(2)11(15)12-16-13(18-17-12)9-4-8(3)5-10(14)6-9/h4-7,11H,15H2,1-3H3. The van der Waals surface area contributed by atoms with Crippen molar-refractivity contribution in [3.8, 4) is 11.5 Å². The fourth-order valence-electron chi connectivity index (χ4n) is 1.65. The number of hydrogen-bond donors (Lipinski definition) is 1. The van der Waals surface area contributed by atoms with Crippen LogP contribution in [0.15, 0.2) is 27.2 Å². The SMILES string of the molecule is Cc1cc(Br)cc(-c2nc(C(N)C(C)C)no2)c1. The number of nitrogens with two attached hydrogens (primary N) is 1.